The number of ether oxygens (including phenoxy) is 1. The molecule has 2 aromatic rings. The maximum absolute atomic E-state index is 13.0. The Labute approximate surface area is 158 Å². The predicted octanol–water partition coefficient (Wildman–Crippen LogP) is 4.34. The lowest BCUT2D eigenvalue weighted by Gasteiger charge is -2.11. The van der Waals surface area contributed by atoms with E-state index >= 15 is 0 Å². The van der Waals surface area contributed by atoms with Crippen molar-refractivity contribution < 1.29 is 32.4 Å². The van der Waals surface area contributed by atoms with Crippen LogP contribution in [0.1, 0.15) is 34.8 Å². The van der Waals surface area contributed by atoms with E-state index in [1.165, 1.54) is 24.3 Å². The number of benzene rings is 2. The fourth-order valence-electron chi connectivity index (χ4n) is 2.03. The van der Waals surface area contributed by atoms with Crippen molar-refractivity contribution in [1.29, 1.82) is 0 Å². The third-order valence-electron chi connectivity index (χ3n) is 3.25. The number of nitro groups is 1. The largest absolute Gasteiger partial charge is 0.450 e. The summed E-state index contributed by atoms with van der Waals surface area (Å²) in [6.07, 6.45) is -4.73. The van der Waals surface area contributed by atoms with E-state index in [4.69, 9.17) is 0 Å². The fourth-order valence-corrected chi connectivity index (χ4v) is 2.03. The van der Waals surface area contributed by atoms with Crippen molar-refractivity contribution in [2.75, 3.05) is 6.61 Å². The molecule has 0 aliphatic carbocycles. The van der Waals surface area contributed by atoms with Gasteiger partial charge in [0.15, 0.2) is 5.78 Å². The van der Waals surface area contributed by atoms with Gasteiger partial charge in [-0.2, -0.15) is 13.2 Å². The maximum Gasteiger partial charge on any atom is 0.417 e. The Balaban J connectivity index is 0.000000480. The number of hydrogen-bond donors (Lipinski definition) is 1. The van der Waals surface area contributed by atoms with Gasteiger partial charge in [-0.25, -0.2) is 4.79 Å². The van der Waals surface area contributed by atoms with Crippen LogP contribution in [-0.4, -0.2) is 23.4 Å². The van der Waals surface area contributed by atoms with Crippen molar-refractivity contribution in [1.82, 2.24) is 0 Å². The van der Waals surface area contributed by atoms with Crippen LogP contribution in [0.5, 0.6) is 0 Å². The third-order valence-corrected chi connectivity index (χ3v) is 3.25. The Bertz CT molecular complexity index is 839. The lowest BCUT2D eigenvalue weighted by Crippen LogP contribution is -2.14. The monoisotopic (exact) mass is 398 g/mol. The minimum absolute atomic E-state index is 0.0804. The molecule has 0 fully saturated rings. The zero-order chi connectivity index (χ0) is 21.3. The average molecular weight is 398 g/mol. The van der Waals surface area contributed by atoms with Crippen LogP contribution in [0.25, 0.3) is 0 Å². The molecule has 0 saturated carbocycles. The molecule has 0 radical (unpaired) electrons. The topological polar surface area (TPSA) is 113 Å². The molecule has 1 amide bonds. The molecule has 2 aromatic carbocycles. The molecule has 150 valence electrons. The van der Waals surface area contributed by atoms with Gasteiger partial charge in [0.05, 0.1) is 17.1 Å². The molecule has 10 heteroatoms. The van der Waals surface area contributed by atoms with E-state index in [-0.39, 0.29) is 5.56 Å². The fraction of sp³-hybridized carbons (Fsp3) is 0.222. The van der Waals surface area contributed by atoms with Crippen molar-refractivity contribution in [3.05, 3.63) is 75.3 Å². The Kier molecular flexibility index (Phi) is 8.11. The van der Waals surface area contributed by atoms with Gasteiger partial charge in [0.25, 0.3) is 5.69 Å². The molecule has 0 bridgehead atoms. The first-order chi connectivity index (χ1) is 13.1. The number of halogens is 3. The van der Waals surface area contributed by atoms with Gasteiger partial charge < -0.3 is 10.5 Å². The molecule has 2 rings (SSSR count). The standard InChI is InChI=1S/C14H8F3NO3.C4H9NO2/c15-14(16,17)12-8-10(18(20)21)6-7-11(12)13(19)9-4-2-1-3-5-9;1-2-3-7-4(5)6/h1-8H;2-3H2,1H3,(H2,5,6). The molecule has 2 N–H and O–H groups in total. The zero-order valence-corrected chi connectivity index (χ0v) is 14.7. The summed E-state index contributed by atoms with van der Waals surface area (Å²) in [5, 5.41) is 10.6. The summed E-state index contributed by atoms with van der Waals surface area (Å²) in [4.78, 5) is 31.5. The number of hydrogen-bond acceptors (Lipinski definition) is 5. The van der Waals surface area contributed by atoms with Crippen LogP contribution in [0.15, 0.2) is 48.5 Å². The van der Waals surface area contributed by atoms with Gasteiger partial charge in [-0.05, 0) is 12.5 Å². The minimum atomic E-state index is -4.86. The highest BCUT2D eigenvalue weighted by Crippen LogP contribution is 2.35. The second-order valence-electron chi connectivity index (χ2n) is 5.35. The van der Waals surface area contributed by atoms with Gasteiger partial charge in [0, 0.05) is 23.3 Å². The summed E-state index contributed by atoms with van der Waals surface area (Å²) >= 11 is 0. The number of alkyl halides is 3. The molecule has 0 aliphatic heterocycles. The quantitative estimate of drug-likeness (QED) is 0.457. The molecule has 0 spiro atoms. The summed E-state index contributed by atoms with van der Waals surface area (Å²) in [5.74, 6) is -0.835. The molecule has 7 nitrogen and oxygen atoms in total. The summed E-state index contributed by atoms with van der Waals surface area (Å²) in [7, 11) is 0. The lowest BCUT2D eigenvalue weighted by atomic mass is 9.97. The number of nitrogens with two attached hydrogens (primary N) is 1. The van der Waals surface area contributed by atoms with Crippen LogP contribution in [-0.2, 0) is 10.9 Å². The predicted molar refractivity (Wildman–Crippen MR) is 93.8 cm³/mol. The van der Waals surface area contributed by atoms with Crippen LogP contribution in [0, 0.1) is 10.1 Å². The van der Waals surface area contributed by atoms with E-state index < -0.39 is 39.8 Å². The number of non-ortho nitro benzene ring substituents is 1. The van der Waals surface area contributed by atoms with E-state index in [2.05, 4.69) is 10.5 Å². The number of amides is 1. The van der Waals surface area contributed by atoms with Crippen molar-refractivity contribution in [2.45, 2.75) is 19.5 Å². The molecular weight excluding hydrogens is 381 g/mol. The van der Waals surface area contributed by atoms with Gasteiger partial charge in [-0.15, -0.1) is 0 Å². The van der Waals surface area contributed by atoms with Gasteiger partial charge in [0.2, 0.25) is 0 Å². The first kappa shape index (κ1) is 22.6. The summed E-state index contributed by atoms with van der Waals surface area (Å²) in [6.45, 7) is 2.33. The molecule has 0 saturated heterocycles. The first-order valence-corrected chi connectivity index (χ1v) is 7.95. The normalized spacial score (nSPS) is 10.4. The van der Waals surface area contributed by atoms with Crippen molar-refractivity contribution in [2.24, 2.45) is 5.73 Å². The summed E-state index contributed by atoms with van der Waals surface area (Å²) in [6, 6.07) is 9.50. The highest BCUT2D eigenvalue weighted by atomic mass is 19.4. The van der Waals surface area contributed by atoms with E-state index in [1.807, 2.05) is 6.92 Å². The highest BCUT2D eigenvalue weighted by Gasteiger charge is 2.37. The van der Waals surface area contributed by atoms with E-state index in [9.17, 15) is 32.9 Å². The Morgan fingerprint density at radius 1 is 1.14 bits per heavy atom. The molecule has 28 heavy (non-hydrogen) atoms. The maximum atomic E-state index is 13.0. The number of carbonyl (C=O) groups excluding carboxylic acids is 2. The van der Waals surface area contributed by atoms with Gasteiger partial charge in [-0.3, -0.25) is 14.9 Å². The second kappa shape index (κ2) is 10.0. The van der Waals surface area contributed by atoms with Crippen LogP contribution in [0.4, 0.5) is 23.7 Å². The average Bonchev–Trinajstić information content (AvgIpc) is 2.65. The number of rotatable bonds is 5. The minimum Gasteiger partial charge on any atom is -0.450 e. The second-order valence-corrected chi connectivity index (χ2v) is 5.35. The number of nitro benzene ring substituents is 1. The van der Waals surface area contributed by atoms with E-state index in [0.29, 0.717) is 12.7 Å². The first-order valence-electron chi connectivity index (χ1n) is 7.95. The van der Waals surface area contributed by atoms with Gasteiger partial charge in [0.1, 0.15) is 0 Å². The van der Waals surface area contributed by atoms with Crippen LogP contribution < -0.4 is 5.73 Å². The van der Waals surface area contributed by atoms with Crippen molar-refractivity contribution >= 4 is 17.6 Å². The molecule has 0 heterocycles. The van der Waals surface area contributed by atoms with E-state index in [1.54, 1.807) is 6.07 Å². The zero-order valence-electron chi connectivity index (χ0n) is 14.7. The van der Waals surface area contributed by atoms with Crippen LogP contribution >= 0.6 is 0 Å². The Morgan fingerprint density at radius 2 is 1.75 bits per heavy atom. The van der Waals surface area contributed by atoms with Crippen molar-refractivity contribution in [3.8, 4) is 0 Å². The number of ketones is 1. The molecular formula is C18H17F3N2O5. The third kappa shape index (κ3) is 6.71. The summed E-state index contributed by atoms with van der Waals surface area (Å²) in [5.41, 5.74) is 2.06. The number of nitrogens with zero attached hydrogens (tertiary/aromatic N) is 1. The molecule has 0 atom stereocenters. The SMILES string of the molecule is CCCOC(N)=O.O=C(c1ccccc1)c1ccc([N+](=O)[O-])cc1C(F)(F)F. The number of carbonyl (C=O) groups is 2. The molecule has 0 aromatic heterocycles. The Morgan fingerprint density at radius 3 is 2.18 bits per heavy atom. The van der Waals surface area contributed by atoms with Gasteiger partial charge in [-0.1, -0.05) is 37.3 Å². The van der Waals surface area contributed by atoms with Crippen LogP contribution in [0.3, 0.4) is 0 Å². The van der Waals surface area contributed by atoms with Crippen molar-refractivity contribution in [3.63, 3.8) is 0 Å². The lowest BCUT2D eigenvalue weighted by molar-refractivity contribution is -0.385. The smallest absolute Gasteiger partial charge is 0.417 e. The molecule has 0 unspecified atom stereocenters. The van der Waals surface area contributed by atoms with Crippen LogP contribution in [0.2, 0.25) is 0 Å². The molecule has 0 aliphatic rings. The number of primary amides is 1. The summed E-state index contributed by atoms with van der Waals surface area (Å²) < 4.78 is 43.3. The van der Waals surface area contributed by atoms with E-state index in [0.717, 1.165) is 18.6 Å². The highest BCUT2D eigenvalue weighted by molar-refractivity contribution is 6.10. The van der Waals surface area contributed by atoms with Gasteiger partial charge >= 0.3 is 12.3 Å². The Hall–Kier alpha value is -3.43.